The van der Waals surface area contributed by atoms with Crippen molar-refractivity contribution in [3.63, 3.8) is 0 Å². The molecule has 0 radical (unpaired) electrons. The average Bonchev–Trinajstić information content (AvgIpc) is 2.63. The molecule has 1 spiro atoms. The van der Waals surface area contributed by atoms with Crippen LogP contribution in [-0.4, -0.2) is 22.4 Å². The van der Waals surface area contributed by atoms with E-state index in [0.717, 1.165) is 12.8 Å². The average molecular weight is 290 g/mol. The molecule has 112 valence electrons. The second-order valence-electron chi connectivity index (χ2n) is 6.21. The van der Waals surface area contributed by atoms with E-state index in [1.165, 1.54) is 12.1 Å². The van der Waals surface area contributed by atoms with Crippen molar-refractivity contribution in [1.82, 2.24) is 10.2 Å². The number of halogens is 1. The fourth-order valence-electron chi connectivity index (χ4n) is 3.61. The summed E-state index contributed by atoms with van der Waals surface area (Å²) in [6, 6.07) is 5.82. The Kier molecular flexibility index (Phi) is 3.43. The van der Waals surface area contributed by atoms with E-state index in [1.807, 2.05) is 0 Å². The highest BCUT2D eigenvalue weighted by Gasteiger charge is 2.53. The Balaban J connectivity index is 1.90. The van der Waals surface area contributed by atoms with Crippen molar-refractivity contribution in [2.24, 2.45) is 5.92 Å². The molecule has 2 fully saturated rings. The molecule has 1 saturated carbocycles. The molecule has 3 amide bonds. The zero-order chi connectivity index (χ0) is 15.0. The summed E-state index contributed by atoms with van der Waals surface area (Å²) in [6.45, 7) is 2.37. The number of benzene rings is 1. The Labute approximate surface area is 123 Å². The maximum absolute atomic E-state index is 13.3. The molecule has 21 heavy (non-hydrogen) atoms. The van der Waals surface area contributed by atoms with E-state index < -0.39 is 5.54 Å². The van der Waals surface area contributed by atoms with Crippen molar-refractivity contribution in [2.45, 2.75) is 44.7 Å². The van der Waals surface area contributed by atoms with Crippen LogP contribution in [0.1, 0.15) is 38.2 Å². The number of hydrogen-bond donors (Lipinski definition) is 1. The largest absolute Gasteiger partial charge is 0.325 e. The molecule has 1 aromatic rings. The van der Waals surface area contributed by atoms with Crippen LogP contribution in [0, 0.1) is 11.7 Å². The molecule has 1 N–H and O–H groups in total. The van der Waals surface area contributed by atoms with Crippen LogP contribution >= 0.6 is 0 Å². The van der Waals surface area contributed by atoms with Gasteiger partial charge >= 0.3 is 6.03 Å². The molecule has 1 saturated heterocycles. The van der Waals surface area contributed by atoms with E-state index in [1.54, 1.807) is 17.0 Å². The predicted molar refractivity (Wildman–Crippen MR) is 75.8 cm³/mol. The van der Waals surface area contributed by atoms with Gasteiger partial charge < -0.3 is 4.90 Å². The standard InChI is InChI=1S/C16H19FN2O2/c1-11-4-3-7-16(9-11)14(20)18-15(21)19(16)10-12-5-2-6-13(17)8-12/h2,5-6,8,11H,3-4,7,9-10H2,1H3,(H,18,20,21). The van der Waals surface area contributed by atoms with Crippen LogP contribution < -0.4 is 5.32 Å². The number of nitrogens with zero attached hydrogens (tertiary/aromatic N) is 1. The van der Waals surface area contributed by atoms with Crippen molar-refractivity contribution in [3.05, 3.63) is 35.6 Å². The third-order valence-corrected chi connectivity index (χ3v) is 4.61. The van der Waals surface area contributed by atoms with Crippen LogP contribution in [0.2, 0.25) is 0 Å². The molecule has 2 aliphatic rings. The van der Waals surface area contributed by atoms with Crippen LogP contribution in [-0.2, 0) is 11.3 Å². The SMILES string of the molecule is CC1CCCC2(C1)C(=O)NC(=O)N2Cc1cccc(F)c1. The Bertz CT molecular complexity index is 589. The minimum Gasteiger partial charge on any atom is -0.305 e. The Morgan fingerprint density at radius 1 is 1.43 bits per heavy atom. The van der Waals surface area contributed by atoms with Gasteiger partial charge in [-0.25, -0.2) is 9.18 Å². The van der Waals surface area contributed by atoms with Gasteiger partial charge in [0.15, 0.2) is 0 Å². The lowest BCUT2D eigenvalue weighted by atomic mass is 9.75. The quantitative estimate of drug-likeness (QED) is 0.851. The Morgan fingerprint density at radius 2 is 2.24 bits per heavy atom. The fraction of sp³-hybridized carbons (Fsp3) is 0.500. The maximum atomic E-state index is 13.3. The third-order valence-electron chi connectivity index (χ3n) is 4.61. The first-order valence-corrected chi connectivity index (χ1v) is 7.39. The van der Waals surface area contributed by atoms with Gasteiger partial charge in [-0.05, 0) is 36.5 Å². The first kappa shape index (κ1) is 14.0. The predicted octanol–water partition coefficient (Wildman–Crippen LogP) is 2.83. The summed E-state index contributed by atoms with van der Waals surface area (Å²) in [5.74, 6) is -0.120. The van der Waals surface area contributed by atoms with Gasteiger partial charge in [-0.15, -0.1) is 0 Å². The zero-order valence-corrected chi connectivity index (χ0v) is 12.1. The number of rotatable bonds is 2. The van der Waals surface area contributed by atoms with Gasteiger partial charge in [0.05, 0.1) is 0 Å². The lowest BCUT2D eigenvalue weighted by Crippen LogP contribution is -2.52. The van der Waals surface area contributed by atoms with Crippen molar-refractivity contribution < 1.29 is 14.0 Å². The normalized spacial score (nSPS) is 29.0. The van der Waals surface area contributed by atoms with Gasteiger partial charge in [-0.3, -0.25) is 10.1 Å². The summed E-state index contributed by atoms with van der Waals surface area (Å²) in [6.07, 6.45) is 3.38. The second kappa shape index (κ2) is 5.13. The van der Waals surface area contributed by atoms with Crippen molar-refractivity contribution in [2.75, 3.05) is 0 Å². The fourth-order valence-corrected chi connectivity index (χ4v) is 3.61. The first-order chi connectivity index (χ1) is 10.0. The van der Waals surface area contributed by atoms with Crippen molar-refractivity contribution in [3.8, 4) is 0 Å². The van der Waals surface area contributed by atoms with Gasteiger partial charge in [0.25, 0.3) is 5.91 Å². The molecule has 5 heteroatoms. The van der Waals surface area contributed by atoms with E-state index in [-0.39, 0.29) is 24.3 Å². The van der Waals surface area contributed by atoms with E-state index in [0.29, 0.717) is 24.3 Å². The molecule has 2 unspecified atom stereocenters. The minimum absolute atomic E-state index is 0.199. The molecule has 1 heterocycles. The molecule has 0 aromatic heterocycles. The van der Waals surface area contributed by atoms with Crippen LogP contribution in [0.25, 0.3) is 0 Å². The van der Waals surface area contributed by atoms with E-state index in [4.69, 9.17) is 0 Å². The number of hydrogen-bond acceptors (Lipinski definition) is 2. The molecule has 0 bridgehead atoms. The number of urea groups is 1. The van der Waals surface area contributed by atoms with Gasteiger partial charge in [0.2, 0.25) is 0 Å². The smallest absolute Gasteiger partial charge is 0.305 e. The summed E-state index contributed by atoms with van der Waals surface area (Å²) in [5, 5.41) is 2.44. The van der Waals surface area contributed by atoms with E-state index in [2.05, 4.69) is 12.2 Å². The summed E-state index contributed by atoms with van der Waals surface area (Å²) < 4.78 is 13.3. The maximum Gasteiger partial charge on any atom is 0.325 e. The topological polar surface area (TPSA) is 49.4 Å². The zero-order valence-electron chi connectivity index (χ0n) is 12.1. The number of carbonyl (C=O) groups is 2. The molecule has 4 nitrogen and oxygen atoms in total. The first-order valence-electron chi connectivity index (χ1n) is 7.39. The number of imide groups is 1. The molecule has 1 aliphatic heterocycles. The van der Waals surface area contributed by atoms with Gasteiger partial charge in [-0.2, -0.15) is 0 Å². The monoisotopic (exact) mass is 290 g/mol. The third kappa shape index (κ3) is 2.41. The Morgan fingerprint density at radius 3 is 2.95 bits per heavy atom. The van der Waals surface area contributed by atoms with Crippen LogP contribution in [0.15, 0.2) is 24.3 Å². The lowest BCUT2D eigenvalue weighted by Gasteiger charge is -2.40. The molecule has 1 aromatic carbocycles. The minimum atomic E-state index is -0.749. The van der Waals surface area contributed by atoms with Crippen LogP contribution in [0.3, 0.4) is 0 Å². The van der Waals surface area contributed by atoms with Crippen molar-refractivity contribution >= 4 is 11.9 Å². The van der Waals surface area contributed by atoms with E-state index >= 15 is 0 Å². The molecule has 3 rings (SSSR count). The van der Waals surface area contributed by atoms with E-state index in [9.17, 15) is 14.0 Å². The Hall–Kier alpha value is -1.91. The van der Waals surface area contributed by atoms with Crippen LogP contribution in [0.5, 0.6) is 0 Å². The molecule has 1 aliphatic carbocycles. The van der Waals surface area contributed by atoms with Crippen molar-refractivity contribution in [1.29, 1.82) is 0 Å². The number of nitrogens with one attached hydrogen (secondary N) is 1. The van der Waals surface area contributed by atoms with Crippen LogP contribution in [0.4, 0.5) is 9.18 Å². The van der Waals surface area contributed by atoms with Gasteiger partial charge in [0, 0.05) is 6.54 Å². The molecular formula is C16H19FN2O2. The number of amides is 3. The van der Waals surface area contributed by atoms with Gasteiger partial charge in [0.1, 0.15) is 11.4 Å². The van der Waals surface area contributed by atoms with Gasteiger partial charge in [-0.1, -0.05) is 31.9 Å². The molecule has 2 atom stereocenters. The summed E-state index contributed by atoms with van der Waals surface area (Å²) in [4.78, 5) is 26.1. The number of carbonyl (C=O) groups excluding carboxylic acids is 2. The summed E-state index contributed by atoms with van der Waals surface area (Å²) in [7, 11) is 0. The molecular weight excluding hydrogens is 271 g/mol. The second-order valence-corrected chi connectivity index (χ2v) is 6.21. The highest BCUT2D eigenvalue weighted by atomic mass is 19.1. The highest BCUT2D eigenvalue weighted by molar-refractivity contribution is 6.07. The highest BCUT2D eigenvalue weighted by Crippen LogP contribution is 2.40. The summed E-state index contributed by atoms with van der Waals surface area (Å²) in [5.41, 5.74) is -0.0430. The lowest BCUT2D eigenvalue weighted by molar-refractivity contribution is -0.129. The summed E-state index contributed by atoms with van der Waals surface area (Å²) >= 11 is 0.